The second-order valence-electron chi connectivity index (χ2n) is 2.75. The fourth-order valence-electron chi connectivity index (χ4n) is 1.02. The molecular formula is C10H9Cl3FN. The number of hydrogen-bond acceptors (Lipinski definition) is 1. The van der Waals surface area contributed by atoms with Crippen molar-refractivity contribution in [3.05, 3.63) is 40.1 Å². The molecule has 0 aliphatic rings. The highest BCUT2D eigenvalue weighted by Gasteiger charge is 2.06. The zero-order valence-electron chi connectivity index (χ0n) is 7.74. The smallest absolute Gasteiger partial charge is 0.126 e. The minimum Gasteiger partial charge on any atom is -0.379 e. The summed E-state index contributed by atoms with van der Waals surface area (Å²) in [5, 5.41) is 3.49. The summed E-state index contributed by atoms with van der Waals surface area (Å²) >= 11 is 17.1. The average molecular weight is 269 g/mol. The summed E-state index contributed by atoms with van der Waals surface area (Å²) < 4.78 is 12.8. The lowest BCUT2D eigenvalue weighted by molar-refractivity contribution is 0.628. The molecule has 5 heteroatoms. The summed E-state index contributed by atoms with van der Waals surface area (Å²) in [6.45, 7) is 0.539. The van der Waals surface area contributed by atoms with E-state index in [0.29, 0.717) is 18.1 Å². The molecule has 0 saturated heterocycles. The Balaban J connectivity index is 2.72. The molecule has 0 aliphatic heterocycles. The van der Waals surface area contributed by atoms with Crippen LogP contribution in [0.1, 0.15) is 0 Å². The van der Waals surface area contributed by atoms with Crippen LogP contribution < -0.4 is 5.32 Å². The molecule has 0 atom stereocenters. The molecule has 0 amide bonds. The van der Waals surface area contributed by atoms with Crippen molar-refractivity contribution in [1.29, 1.82) is 0 Å². The predicted octanol–water partition coefficient (Wildman–Crippen LogP) is 4.34. The zero-order valence-corrected chi connectivity index (χ0v) is 10.0. The molecule has 0 unspecified atom stereocenters. The van der Waals surface area contributed by atoms with Gasteiger partial charge in [0.15, 0.2) is 0 Å². The first kappa shape index (κ1) is 12.6. The van der Waals surface area contributed by atoms with Gasteiger partial charge in [0, 0.05) is 12.4 Å². The van der Waals surface area contributed by atoms with Crippen LogP contribution in [0.25, 0.3) is 0 Å². The summed E-state index contributed by atoms with van der Waals surface area (Å²) in [5.41, 5.74) is 0.527. The highest BCUT2D eigenvalue weighted by Crippen LogP contribution is 2.31. The van der Waals surface area contributed by atoms with E-state index in [9.17, 15) is 4.39 Å². The molecule has 0 heterocycles. The van der Waals surface area contributed by atoms with Gasteiger partial charge in [0.2, 0.25) is 0 Å². The molecule has 0 saturated carbocycles. The zero-order chi connectivity index (χ0) is 11.3. The van der Waals surface area contributed by atoms with E-state index in [4.69, 9.17) is 34.8 Å². The molecule has 0 spiro atoms. The summed E-state index contributed by atoms with van der Waals surface area (Å²) in [6, 6.07) is 2.42. The fourth-order valence-corrected chi connectivity index (χ4v) is 1.74. The van der Waals surface area contributed by atoms with Crippen LogP contribution in [0.4, 0.5) is 10.1 Å². The molecule has 15 heavy (non-hydrogen) atoms. The van der Waals surface area contributed by atoms with Gasteiger partial charge in [0.1, 0.15) is 5.82 Å². The van der Waals surface area contributed by atoms with Gasteiger partial charge in [-0.2, -0.15) is 0 Å². The van der Waals surface area contributed by atoms with E-state index < -0.39 is 5.82 Å². The first-order chi connectivity index (χ1) is 7.15. The van der Waals surface area contributed by atoms with Crippen molar-refractivity contribution in [3.8, 4) is 0 Å². The van der Waals surface area contributed by atoms with E-state index in [0.717, 1.165) is 0 Å². The SMILES string of the molecule is Fc1cc(Cl)c(NC/C=C/CCl)c(Cl)c1. The van der Waals surface area contributed by atoms with Gasteiger partial charge in [0.25, 0.3) is 0 Å². The molecule has 0 bridgehead atoms. The minimum absolute atomic E-state index is 0.263. The lowest BCUT2D eigenvalue weighted by atomic mass is 10.3. The summed E-state index contributed by atoms with van der Waals surface area (Å²) in [4.78, 5) is 0. The van der Waals surface area contributed by atoms with Gasteiger partial charge in [-0.15, -0.1) is 11.6 Å². The van der Waals surface area contributed by atoms with Gasteiger partial charge >= 0.3 is 0 Å². The number of alkyl halides is 1. The first-order valence-corrected chi connectivity index (χ1v) is 5.53. The van der Waals surface area contributed by atoms with Crippen molar-refractivity contribution >= 4 is 40.5 Å². The van der Waals surface area contributed by atoms with Crippen molar-refractivity contribution in [1.82, 2.24) is 0 Å². The molecule has 1 nitrogen and oxygen atoms in total. The van der Waals surface area contributed by atoms with Crippen molar-refractivity contribution in [2.45, 2.75) is 0 Å². The van der Waals surface area contributed by atoms with E-state index in [1.54, 1.807) is 6.08 Å². The number of anilines is 1. The van der Waals surface area contributed by atoms with E-state index in [1.807, 2.05) is 6.08 Å². The van der Waals surface area contributed by atoms with Gasteiger partial charge in [-0.1, -0.05) is 35.4 Å². The Bertz CT molecular complexity index is 343. The molecule has 0 aliphatic carbocycles. The van der Waals surface area contributed by atoms with Crippen LogP contribution in [-0.4, -0.2) is 12.4 Å². The molecule has 82 valence electrons. The quantitative estimate of drug-likeness (QED) is 0.633. The highest BCUT2D eigenvalue weighted by molar-refractivity contribution is 6.39. The Kier molecular flexibility index (Phi) is 5.23. The van der Waals surface area contributed by atoms with Crippen LogP contribution in [-0.2, 0) is 0 Å². The topological polar surface area (TPSA) is 12.0 Å². The van der Waals surface area contributed by atoms with Crippen LogP contribution >= 0.6 is 34.8 Å². The molecule has 1 aromatic rings. The normalized spacial score (nSPS) is 10.9. The van der Waals surface area contributed by atoms with Crippen LogP contribution in [0.5, 0.6) is 0 Å². The molecule has 1 aromatic carbocycles. The van der Waals surface area contributed by atoms with E-state index >= 15 is 0 Å². The van der Waals surface area contributed by atoms with Crippen LogP contribution in [0.3, 0.4) is 0 Å². The van der Waals surface area contributed by atoms with Crippen molar-refractivity contribution in [3.63, 3.8) is 0 Å². The molecule has 1 N–H and O–H groups in total. The third-order valence-corrected chi connectivity index (χ3v) is 2.43. The molecular weight excluding hydrogens is 259 g/mol. The van der Waals surface area contributed by atoms with E-state index in [1.165, 1.54) is 12.1 Å². The maximum Gasteiger partial charge on any atom is 0.126 e. The number of halogens is 4. The van der Waals surface area contributed by atoms with Gasteiger partial charge in [-0.25, -0.2) is 4.39 Å². The molecule has 0 radical (unpaired) electrons. The Morgan fingerprint density at radius 3 is 2.33 bits per heavy atom. The standard InChI is InChI=1S/C10H9Cl3FN/c11-3-1-2-4-15-10-8(12)5-7(14)6-9(10)13/h1-2,5-6,15H,3-4H2/b2-1+. The summed E-state index contributed by atoms with van der Waals surface area (Å²) in [5.74, 6) is -0.00104. The Labute approximate surface area is 103 Å². The number of allylic oxidation sites excluding steroid dienone is 1. The molecule has 0 fully saturated rings. The maximum atomic E-state index is 12.8. The van der Waals surface area contributed by atoms with E-state index in [2.05, 4.69) is 5.32 Å². The largest absolute Gasteiger partial charge is 0.379 e. The predicted molar refractivity (Wildman–Crippen MR) is 64.8 cm³/mol. The van der Waals surface area contributed by atoms with Crippen LogP contribution in [0.15, 0.2) is 24.3 Å². The number of benzene rings is 1. The third kappa shape index (κ3) is 3.90. The minimum atomic E-state index is -0.452. The Morgan fingerprint density at radius 2 is 1.80 bits per heavy atom. The Hall–Kier alpha value is -0.440. The van der Waals surface area contributed by atoms with Crippen LogP contribution in [0.2, 0.25) is 10.0 Å². The average Bonchev–Trinajstić information content (AvgIpc) is 2.15. The van der Waals surface area contributed by atoms with Gasteiger partial charge in [0.05, 0.1) is 15.7 Å². The van der Waals surface area contributed by atoms with Crippen molar-refractivity contribution < 1.29 is 4.39 Å². The number of hydrogen-bond donors (Lipinski definition) is 1. The third-order valence-electron chi connectivity index (χ3n) is 1.66. The summed E-state index contributed by atoms with van der Waals surface area (Å²) in [7, 11) is 0. The number of nitrogens with one attached hydrogen (secondary N) is 1. The number of rotatable bonds is 4. The second-order valence-corrected chi connectivity index (χ2v) is 3.87. The monoisotopic (exact) mass is 267 g/mol. The molecule has 1 rings (SSSR count). The van der Waals surface area contributed by atoms with Crippen molar-refractivity contribution in [2.24, 2.45) is 0 Å². The van der Waals surface area contributed by atoms with Crippen LogP contribution in [0, 0.1) is 5.82 Å². The van der Waals surface area contributed by atoms with Crippen molar-refractivity contribution in [2.75, 3.05) is 17.7 Å². The highest BCUT2D eigenvalue weighted by atomic mass is 35.5. The second kappa shape index (κ2) is 6.21. The van der Waals surface area contributed by atoms with Gasteiger partial charge in [-0.05, 0) is 12.1 Å². The lowest BCUT2D eigenvalue weighted by Gasteiger charge is -2.08. The fraction of sp³-hybridized carbons (Fsp3) is 0.200. The maximum absolute atomic E-state index is 12.8. The first-order valence-electron chi connectivity index (χ1n) is 4.24. The van der Waals surface area contributed by atoms with Gasteiger partial charge in [-0.3, -0.25) is 0 Å². The van der Waals surface area contributed by atoms with E-state index in [-0.39, 0.29) is 10.0 Å². The summed E-state index contributed by atoms with van der Waals surface area (Å²) in [6.07, 6.45) is 3.63. The molecule has 0 aromatic heterocycles. The Morgan fingerprint density at radius 1 is 1.20 bits per heavy atom. The van der Waals surface area contributed by atoms with Gasteiger partial charge < -0.3 is 5.32 Å². The lowest BCUT2D eigenvalue weighted by Crippen LogP contribution is -2.00.